The van der Waals surface area contributed by atoms with Crippen LogP contribution in [-0.4, -0.2) is 17.6 Å². The predicted octanol–water partition coefficient (Wildman–Crippen LogP) is 4.42. The van der Waals surface area contributed by atoms with E-state index in [-0.39, 0.29) is 5.97 Å². The summed E-state index contributed by atoms with van der Waals surface area (Å²) in [4.78, 5) is 16.8. The topological polar surface area (TPSA) is 39.2 Å². The monoisotopic (exact) mass is 295 g/mol. The molecule has 0 aliphatic heterocycles. The Bertz CT molecular complexity index is 445. The van der Waals surface area contributed by atoms with Crippen LogP contribution in [0.25, 0.3) is 0 Å². The average molecular weight is 295 g/mol. The summed E-state index contributed by atoms with van der Waals surface area (Å²) in [5.41, 5.74) is 0.218. The normalized spacial score (nSPS) is 17.8. The van der Waals surface area contributed by atoms with Crippen LogP contribution in [-0.2, 0) is 14.9 Å². The van der Waals surface area contributed by atoms with Crippen LogP contribution in [0, 0.1) is 0 Å². The molecule has 20 heavy (non-hydrogen) atoms. The fourth-order valence-corrected chi connectivity index (χ4v) is 3.86. The van der Waals surface area contributed by atoms with Crippen LogP contribution in [0.15, 0.2) is 5.38 Å². The van der Waals surface area contributed by atoms with Gasteiger partial charge in [-0.2, -0.15) is 0 Å². The van der Waals surface area contributed by atoms with Crippen molar-refractivity contribution < 1.29 is 9.53 Å². The molecule has 0 spiro atoms. The van der Waals surface area contributed by atoms with Crippen LogP contribution in [0.2, 0.25) is 0 Å². The quantitative estimate of drug-likeness (QED) is 0.609. The summed E-state index contributed by atoms with van der Waals surface area (Å²) in [5, 5.41) is 3.25. The van der Waals surface area contributed by atoms with E-state index < -0.39 is 5.41 Å². The van der Waals surface area contributed by atoms with Gasteiger partial charge >= 0.3 is 5.97 Å². The number of hydrogen-bond donors (Lipinski definition) is 0. The Balaban J connectivity index is 2.13. The minimum Gasteiger partial charge on any atom is -0.465 e. The number of aromatic nitrogens is 1. The molecule has 3 nitrogen and oxygen atoms in total. The van der Waals surface area contributed by atoms with Gasteiger partial charge in [0, 0.05) is 11.3 Å². The Morgan fingerprint density at radius 3 is 2.60 bits per heavy atom. The number of ether oxygens (including phenoxy) is 1. The molecule has 0 N–H and O–H groups in total. The van der Waals surface area contributed by atoms with E-state index in [4.69, 9.17) is 9.72 Å². The Labute approximate surface area is 125 Å². The molecule has 1 fully saturated rings. The molecule has 0 radical (unpaired) electrons. The third kappa shape index (κ3) is 3.40. The van der Waals surface area contributed by atoms with Crippen molar-refractivity contribution >= 4 is 17.3 Å². The number of carbonyl (C=O) groups excluding carboxylic acids is 1. The first kappa shape index (κ1) is 15.5. The standard InChI is InChI=1S/C16H25NO2S/c1-4-19-15(18)16(2,3)13-11-20-14(17-13)12-9-7-5-6-8-10-12/h11-12H,4-10H2,1-3H3. The maximum absolute atomic E-state index is 12.0. The number of esters is 1. The van der Waals surface area contributed by atoms with E-state index >= 15 is 0 Å². The minimum absolute atomic E-state index is 0.183. The molecule has 0 atom stereocenters. The summed E-state index contributed by atoms with van der Waals surface area (Å²) < 4.78 is 5.16. The second kappa shape index (κ2) is 6.70. The van der Waals surface area contributed by atoms with Crippen LogP contribution < -0.4 is 0 Å². The molecule has 1 aliphatic carbocycles. The Morgan fingerprint density at radius 2 is 2.00 bits per heavy atom. The zero-order valence-corrected chi connectivity index (χ0v) is 13.6. The van der Waals surface area contributed by atoms with Gasteiger partial charge in [-0.3, -0.25) is 4.79 Å². The molecule has 0 bridgehead atoms. The molecule has 1 aliphatic rings. The zero-order chi connectivity index (χ0) is 14.6. The van der Waals surface area contributed by atoms with Crippen molar-refractivity contribution in [2.24, 2.45) is 0 Å². The molecule has 1 heterocycles. The average Bonchev–Trinajstić information content (AvgIpc) is 2.76. The second-order valence-corrected chi connectivity index (χ2v) is 6.99. The first-order valence-corrected chi connectivity index (χ1v) is 8.56. The number of thiazole rings is 1. The lowest BCUT2D eigenvalue weighted by Crippen LogP contribution is -2.31. The lowest BCUT2D eigenvalue weighted by Gasteiger charge is -2.20. The van der Waals surface area contributed by atoms with Gasteiger partial charge in [-0.1, -0.05) is 25.7 Å². The lowest BCUT2D eigenvalue weighted by atomic mass is 9.90. The van der Waals surface area contributed by atoms with E-state index in [1.165, 1.54) is 43.5 Å². The first-order chi connectivity index (χ1) is 9.55. The van der Waals surface area contributed by atoms with Crippen LogP contribution in [0.4, 0.5) is 0 Å². The SMILES string of the molecule is CCOC(=O)C(C)(C)c1csc(C2CCCCCC2)n1. The highest BCUT2D eigenvalue weighted by atomic mass is 32.1. The molecule has 0 amide bonds. The van der Waals surface area contributed by atoms with Crippen molar-refractivity contribution in [2.45, 2.75) is 70.6 Å². The number of rotatable bonds is 4. The highest BCUT2D eigenvalue weighted by Gasteiger charge is 2.34. The van der Waals surface area contributed by atoms with Gasteiger partial charge in [0.2, 0.25) is 0 Å². The molecule has 1 aromatic heterocycles. The van der Waals surface area contributed by atoms with Gasteiger partial charge in [0.05, 0.1) is 17.3 Å². The second-order valence-electron chi connectivity index (χ2n) is 6.10. The van der Waals surface area contributed by atoms with Crippen molar-refractivity contribution in [1.82, 2.24) is 4.98 Å². The Kier molecular flexibility index (Phi) is 5.19. The van der Waals surface area contributed by atoms with Gasteiger partial charge in [0.25, 0.3) is 0 Å². The van der Waals surface area contributed by atoms with Gasteiger partial charge in [0.15, 0.2) is 0 Å². The molecular weight excluding hydrogens is 270 g/mol. The maximum atomic E-state index is 12.0. The third-order valence-electron chi connectivity index (χ3n) is 4.15. The van der Waals surface area contributed by atoms with Gasteiger partial charge in [-0.15, -0.1) is 11.3 Å². The van der Waals surface area contributed by atoms with E-state index in [1.54, 1.807) is 11.3 Å². The summed E-state index contributed by atoms with van der Waals surface area (Å²) in [6.07, 6.45) is 7.80. The van der Waals surface area contributed by atoms with Crippen molar-refractivity contribution in [2.75, 3.05) is 6.61 Å². The smallest absolute Gasteiger partial charge is 0.317 e. The fourth-order valence-electron chi connectivity index (χ4n) is 2.70. The summed E-state index contributed by atoms with van der Waals surface area (Å²) >= 11 is 1.71. The molecule has 0 unspecified atom stereocenters. The summed E-state index contributed by atoms with van der Waals surface area (Å²) in [7, 11) is 0. The van der Waals surface area contributed by atoms with E-state index in [1.807, 2.05) is 26.2 Å². The summed E-state index contributed by atoms with van der Waals surface area (Å²) in [6.45, 7) is 6.06. The largest absolute Gasteiger partial charge is 0.465 e. The van der Waals surface area contributed by atoms with Crippen molar-refractivity contribution in [3.8, 4) is 0 Å². The zero-order valence-electron chi connectivity index (χ0n) is 12.8. The minimum atomic E-state index is -0.643. The predicted molar refractivity (Wildman–Crippen MR) is 82.2 cm³/mol. The molecule has 2 rings (SSSR count). The van der Waals surface area contributed by atoms with Gasteiger partial charge < -0.3 is 4.74 Å². The fraction of sp³-hybridized carbons (Fsp3) is 0.750. The van der Waals surface area contributed by atoms with Gasteiger partial charge in [-0.25, -0.2) is 4.98 Å². The maximum Gasteiger partial charge on any atom is 0.317 e. The van der Waals surface area contributed by atoms with E-state index in [0.29, 0.717) is 12.5 Å². The van der Waals surface area contributed by atoms with E-state index in [9.17, 15) is 4.79 Å². The van der Waals surface area contributed by atoms with Crippen molar-refractivity contribution in [3.05, 3.63) is 16.1 Å². The summed E-state index contributed by atoms with van der Waals surface area (Å²) in [6, 6.07) is 0. The molecule has 112 valence electrons. The highest BCUT2D eigenvalue weighted by molar-refractivity contribution is 7.09. The molecule has 0 saturated heterocycles. The van der Waals surface area contributed by atoms with Crippen LogP contribution in [0.5, 0.6) is 0 Å². The van der Waals surface area contributed by atoms with Gasteiger partial charge in [-0.05, 0) is 33.6 Å². The Morgan fingerprint density at radius 1 is 1.35 bits per heavy atom. The number of hydrogen-bond acceptors (Lipinski definition) is 4. The molecule has 0 aromatic carbocycles. The number of nitrogens with zero attached hydrogens (tertiary/aromatic N) is 1. The highest BCUT2D eigenvalue weighted by Crippen LogP contribution is 2.35. The van der Waals surface area contributed by atoms with Crippen LogP contribution >= 0.6 is 11.3 Å². The molecule has 1 saturated carbocycles. The van der Waals surface area contributed by atoms with Crippen molar-refractivity contribution in [1.29, 1.82) is 0 Å². The van der Waals surface area contributed by atoms with Crippen LogP contribution in [0.1, 0.15) is 75.9 Å². The Hall–Kier alpha value is -0.900. The summed E-state index contributed by atoms with van der Waals surface area (Å²) in [5.74, 6) is 0.409. The first-order valence-electron chi connectivity index (χ1n) is 7.68. The van der Waals surface area contributed by atoms with Crippen LogP contribution in [0.3, 0.4) is 0 Å². The molecule has 1 aromatic rings. The number of carbonyl (C=O) groups is 1. The van der Waals surface area contributed by atoms with Crippen molar-refractivity contribution in [3.63, 3.8) is 0 Å². The van der Waals surface area contributed by atoms with E-state index in [0.717, 1.165) is 5.69 Å². The molecule has 4 heteroatoms. The lowest BCUT2D eigenvalue weighted by molar-refractivity contribution is -0.148. The van der Waals surface area contributed by atoms with Gasteiger partial charge in [0.1, 0.15) is 5.41 Å². The third-order valence-corrected chi connectivity index (χ3v) is 5.16. The molecular formula is C16H25NO2S. The van der Waals surface area contributed by atoms with E-state index in [2.05, 4.69) is 0 Å².